The fraction of sp³-hybridized carbons (Fsp3) is 0.912. The fourth-order valence-electron chi connectivity index (χ4n) is 3.83. The van der Waals surface area contributed by atoms with Gasteiger partial charge >= 0.3 is 5.97 Å². The lowest BCUT2D eigenvalue weighted by atomic mass is 10.3. The third-order valence-corrected chi connectivity index (χ3v) is 6.38. The van der Waals surface area contributed by atoms with Gasteiger partial charge in [-0.2, -0.15) is 0 Å². The first-order chi connectivity index (χ1) is 21.2. The van der Waals surface area contributed by atoms with Crippen LogP contribution < -0.4 is 5.32 Å². The van der Waals surface area contributed by atoms with Crippen LogP contribution in [0.3, 0.4) is 0 Å². The van der Waals surface area contributed by atoms with Crippen LogP contribution in [0.5, 0.6) is 0 Å². The molecule has 264 valence electrons. The zero-order valence-electron chi connectivity index (χ0n) is 29.8. The normalized spacial score (nSPS) is 15.9. The van der Waals surface area contributed by atoms with Crippen molar-refractivity contribution in [2.45, 2.75) is 119 Å². The zero-order chi connectivity index (χ0) is 33.7. The predicted octanol–water partition coefficient (Wildman–Crippen LogP) is 5.81. The summed E-state index contributed by atoms with van der Waals surface area (Å²) in [5.41, 5.74) is 0. The molecule has 0 bridgehead atoms. The highest BCUT2D eigenvalue weighted by Crippen LogP contribution is 2.01. The van der Waals surface area contributed by atoms with Gasteiger partial charge in [0.1, 0.15) is 5.78 Å². The Morgan fingerprint density at radius 2 is 1.07 bits per heavy atom. The summed E-state index contributed by atoms with van der Waals surface area (Å²) in [6.07, 6.45) is 11.1. The molecule has 0 unspecified atom stereocenters. The highest BCUT2D eigenvalue weighted by Gasteiger charge is 2.15. The van der Waals surface area contributed by atoms with Crippen molar-refractivity contribution in [1.29, 1.82) is 0 Å². The number of morpholine rings is 3. The van der Waals surface area contributed by atoms with Crippen LogP contribution in [-0.4, -0.2) is 118 Å². The molecular weight excluding hydrogens is 562 g/mol. The van der Waals surface area contributed by atoms with Crippen molar-refractivity contribution in [3.63, 3.8) is 0 Å². The Bertz CT molecular complexity index is 578. The number of nitrogens with zero attached hydrogens (tertiary/aromatic N) is 2. The van der Waals surface area contributed by atoms with Crippen LogP contribution >= 0.6 is 0 Å². The van der Waals surface area contributed by atoms with Crippen molar-refractivity contribution in [3.05, 3.63) is 0 Å². The van der Waals surface area contributed by atoms with Crippen LogP contribution in [0.4, 0.5) is 0 Å². The Labute approximate surface area is 270 Å². The molecule has 1 amide bonds. The third-order valence-electron chi connectivity index (χ3n) is 6.38. The van der Waals surface area contributed by atoms with Gasteiger partial charge in [-0.05, 0) is 39.2 Å². The van der Waals surface area contributed by atoms with Gasteiger partial charge in [0.15, 0.2) is 0 Å². The molecule has 0 aromatic carbocycles. The predicted molar refractivity (Wildman–Crippen MR) is 181 cm³/mol. The van der Waals surface area contributed by atoms with Crippen molar-refractivity contribution >= 4 is 17.7 Å². The molecule has 0 saturated carbocycles. The molecule has 0 aromatic rings. The molecule has 0 radical (unpaired) electrons. The summed E-state index contributed by atoms with van der Waals surface area (Å²) >= 11 is 0. The van der Waals surface area contributed by atoms with Crippen LogP contribution in [-0.2, 0) is 28.6 Å². The average Bonchev–Trinajstić information content (AvgIpc) is 3.04. The lowest BCUT2D eigenvalue weighted by Gasteiger charge is -2.26. The van der Waals surface area contributed by atoms with Crippen LogP contribution in [0.15, 0.2) is 0 Å². The maximum atomic E-state index is 11.3. The van der Waals surface area contributed by atoms with Gasteiger partial charge < -0.3 is 34.3 Å². The maximum Gasteiger partial charge on any atom is 0.303 e. The van der Waals surface area contributed by atoms with Crippen molar-refractivity contribution in [2.24, 2.45) is 0 Å². The Hall–Kier alpha value is -1.59. The Balaban J connectivity index is -0.000000472. The minimum atomic E-state index is -0.711. The minimum absolute atomic E-state index is 0.274. The molecule has 3 fully saturated rings. The Morgan fingerprint density at radius 3 is 1.34 bits per heavy atom. The van der Waals surface area contributed by atoms with Gasteiger partial charge in [0.05, 0.1) is 39.6 Å². The number of hydrogen-bond donors (Lipinski definition) is 2. The number of aliphatic carboxylic acids is 1. The topological polar surface area (TPSA) is 118 Å². The molecule has 3 rings (SSSR count). The second kappa shape index (κ2) is 39.4. The summed E-state index contributed by atoms with van der Waals surface area (Å²) in [5.74, 6) is -0.147. The van der Waals surface area contributed by atoms with Crippen molar-refractivity contribution in [3.8, 4) is 0 Å². The molecule has 3 aliphatic rings. The van der Waals surface area contributed by atoms with Gasteiger partial charge in [-0.1, -0.05) is 67.2 Å². The average molecular weight is 634 g/mol. The maximum absolute atomic E-state index is 11.3. The Kier molecular flexibility index (Phi) is 42.0. The van der Waals surface area contributed by atoms with E-state index in [9.17, 15) is 14.4 Å². The summed E-state index contributed by atoms with van der Waals surface area (Å²) in [6, 6.07) is 0. The van der Waals surface area contributed by atoms with Gasteiger partial charge in [0, 0.05) is 58.5 Å². The molecule has 3 aliphatic heterocycles. The van der Waals surface area contributed by atoms with Gasteiger partial charge in [0.2, 0.25) is 5.91 Å². The SMILES string of the molecule is C1COCCN1.CCCC(=O)N1CCOCC1.CCCC(=O)O.CCCC(C)=O.CCCCC.CCCCN1CCOCC1. The van der Waals surface area contributed by atoms with Crippen LogP contribution in [0, 0.1) is 0 Å². The standard InChI is InChI=1S/C8H15NO2.C8H17NO.C5H10O.C5H12.C4H9NO.C4H8O2/c1-2-3-8(10)9-4-6-11-7-5-9;1-2-3-4-9-5-7-10-8-6-9;1-3-4-5(2)6;1-3-5-4-2;1-3-6-4-2-5-1;1-2-3-4(5)6/h2-7H2,1H3;2-8H2,1H3;3-4H2,1-2H3;3-5H2,1-2H3;5H,1-4H2;2-3H2,1H3,(H,5,6). The van der Waals surface area contributed by atoms with E-state index in [1.807, 2.05) is 25.7 Å². The Morgan fingerprint density at radius 1 is 0.614 bits per heavy atom. The summed E-state index contributed by atoms with van der Waals surface area (Å²) in [5, 5.41) is 11.1. The molecule has 10 nitrogen and oxygen atoms in total. The van der Waals surface area contributed by atoms with E-state index in [0.717, 1.165) is 91.4 Å². The third kappa shape index (κ3) is 40.4. The zero-order valence-corrected chi connectivity index (χ0v) is 29.8. The van der Waals surface area contributed by atoms with Gasteiger partial charge in [0.25, 0.3) is 0 Å². The number of unbranched alkanes of at least 4 members (excludes halogenated alkanes) is 3. The van der Waals surface area contributed by atoms with Crippen molar-refractivity contribution in [1.82, 2.24) is 15.1 Å². The summed E-state index contributed by atoms with van der Waals surface area (Å²) in [7, 11) is 0. The van der Waals surface area contributed by atoms with Crippen LogP contribution in [0.2, 0.25) is 0 Å². The van der Waals surface area contributed by atoms with E-state index >= 15 is 0 Å². The second-order valence-electron chi connectivity index (χ2n) is 10.9. The largest absolute Gasteiger partial charge is 0.481 e. The quantitative estimate of drug-likeness (QED) is 0.291. The summed E-state index contributed by atoms with van der Waals surface area (Å²) in [4.78, 5) is 35.3. The summed E-state index contributed by atoms with van der Waals surface area (Å²) < 4.78 is 15.4. The number of carbonyl (C=O) groups is 3. The smallest absolute Gasteiger partial charge is 0.303 e. The molecule has 44 heavy (non-hydrogen) atoms. The van der Waals surface area contributed by atoms with E-state index in [0.29, 0.717) is 26.1 Å². The first kappa shape index (κ1) is 46.8. The number of Topliss-reactive ketones (excluding diaryl/α,β-unsaturated/α-hetero) is 1. The van der Waals surface area contributed by atoms with E-state index in [1.165, 1.54) is 38.6 Å². The number of carboxylic acid groups (broad SMARTS) is 1. The van der Waals surface area contributed by atoms with E-state index in [1.54, 1.807) is 6.92 Å². The van der Waals surface area contributed by atoms with Gasteiger partial charge in [-0.15, -0.1) is 0 Å². The first-order valence-electron chi connectivity index (χ1n) is 17.4. The fourth-order valence-corrected chi connectivity index (χ4v) is 3.83. The van der Waals surface area contributed by atoms with E-state index in [-0.39, 0.29) is 11.7 Å². The number of nitrogens with one attached hydrogen (secondary N) is 1. The lowest BCUT2D eigenvalue weighted by molar-refractivity contribution is -0.137. The molecule has 0 spiro atoms. The number of ether oxygens (including phenoxy) is 3. The molecule has 2 N–H and O–H groups in total. The monoisotopic (exact) mass is 634 g/mol. The van der Waals surface area contributed by atoms with Crippen LogP contribution in [0.1, 0.15) is 119 Å². The van der Waals surface area contributed by atoms with E-state index in [4.69, 9.17) is 19.3 Å². The number of hydrogen-bond acceptors (Lipinski definition) is 8. The van der Waals surface area contributed by atoms with E-state index in [2.05, 4.69) is 31.0 Å². The molecule has 0 aromatic heterocycles. The van der Waals surface area contributed by atoms with Gasteiger partial charge in [-0.3, -0.25) is 14.5 Å². The van der Waals surface area contributed by atoms with Crippen LogP contribution in [0.25, 0.3) is 0 Å². The number of amides is 1. The molecule has 0 atom stereocenters. The number of carboxylic acids is 1. The van der Waals surface area contributed by atoms with Crippen molar-refractivity contribution < 1.29 is 33.7 Å². The van der Waals surface area contributed by atoms with Gasteiger partial charge in [-0.25, -0.2) is 0 Å². The molecule has 3 saturated heterocycles. The number of rotatable bonds is 11. The lowest BCUT2D eigenvalue weighted by Crippen LogP contribution is -2.40. The number of carbonyl (C=O) groups excluding carboxylic acids is 2. The molecule has 10 heteroatoms. The summed E-state index contributed by atoms with van der Waals surface area (Å²) in [6.45, 7) is 26.3. The van der Waals surface area contributed by atoms with E-state index < -0.39 is 5.97 Å². The highest BCUT2D eigenvalue weighted by molar-refractivity contribution is 5.76. The molecule has 0 aliphatic carbocycles. The first-order valence-corrected chi connectivity index (χ1v) is 17.4. The minimum Gasteiger partial charge on any atom is -0.481 e. The van der Waals surface area contributed by atoms with Crippen molar-refractivity contribution in [2.75, 3.05) is 85.5 Å². The number of ketones is 1. The molecule has 3 heterocycles. The molecular formula is C34H71N3O7. The highest BCUT2D eigenvalue weighted by atomic mass is 16.5. The second-order valence-corrected chi connectivity index (χ2v) is 10.9.